The first-order chi connectivity index (χ1) is 26.6. The SMILES string of the molecule is CNC(=O)c1nn(CC(=O)C[C@@H](Cc2cc(F)cc(F)c2)c2nc(C#CC(C)(C)O)ccc2-c2ccc(Cl)c3c(CS(C)(=O)=O)nn(C)c23)c2c1[C@H]1C[C@H]1C2(F)F. The lowest BCUT2D eigenvalue weighted by molar-refractivity contribution is -0.120. The normalized spacial score (nSPS) is 17.5. The smallest absolute Gasteiger partial charge is 0.293 e. The Balaban J connectivity index is 1.39. The first-order valence-electron chi connectivity index (χ1n) is 17.9. The van der Waals surface area contributed by atoms with Crippen molar-refractivity contribution in [1.82, 2.24) is 29.9 Å². The standard InChI is InChI=1S/C40H37ClF4N6O5S/c1-39(2,54)11-10-24-6-7-26(27-8-9-30(41)33-31(19-57(5,55)56)48-50(4)36(27)33)34(47-24)21(12-20-13-22(42)16-23(43)14-20)15-25(52)18-51-37-32(35(49-51)38(53)46-3)28-17-29(28)40(37,44)45/h6-9,13-14,16,21,28-29,54H,12,15,17-19H2,1-5H3,(H,46,53)/t21-,28+,29-/m1/s1. The summed E-state index contributed by atoms with van der Waals surface area (Å²) >= 11 is 6.65. The van der Waals surface area contributed by atoms with Gasteiger partial charge in [0.1, 0.15) is 35.2 Å². The number of aromatic nitrogens is 5. The molecule has 2 aromatic carbocycles. The average Bonchev–Trinajstić information content (AvgIpc) is 3.65. The number of hydrogen-bond acceptors (Lipinski definition) is 8. The van der Waals surface area contributed by atoms with Gasteiger partial charge in [-0.15, -0.1) is 0 Å². The van der Waals surface area contributed by atoms with Crippen LogP contribution >= 0.6 is 11.6 Å². The zero-order valence-electron chi connectivity index (χ0n) is 31.4. The number of alkyl halides is 2. The van der Waals surface area contributed by atoms with E-state index in [2.05, 4.69) is 27.4 Å². The third-order valence-electron chi connectivity index (χ3n) is 10.1. The molecule has 1 amide bonds. The zero-order chi connectivity index (χ0) is 41.4. The van der Waals surface area contributed by atoms with Gasteiger partial charge >= 0.3 is 0 Å². The number of aryl methyl sites for hydroxylation is 1. The molecule has 2 N–H and O–H groups in total. The highest BCUT2D eigenvalue weighted by atomic mass is 35.5. The first kappa shape index (κ1) is 40.1. The number of carbonyl (C=O) groups is 2. The predicted octanol–water partition coefficient (Wildman–Crippen LogP) is 5.98. The number of fused-ring (bicyclic) bond motifs is 4. The van der Waals surface area contributed by atoms with Crippen molar-refractivity contribution in [3.05, 3.63) is 98.7 Å². The summed E-state index contributed by atoms with van der Waals surface area (Å²) in [6.45, 7) is 2.31. The molecule has 0 saturated heterocycles. The van der Waals surface area contributed by atoms with E-state index in [9.17, 15) is 31.9 Å². The zero-order valence-corrected chi connectivity index (χ0v) is 33.0. The number of ketones is 1. The summed E-state index contributed by atoms with van der Waals surface area (Å²) in [7, 11) is -0.589. The molecule has 7 rings (SSSR count). The Bertz CT molecular complexity index is 2660. The maximum Gasteiger partial charge on any atom is 0.293 e. The average molecular weight is 825 g/mol. The number of rotatable bonds is 11. The third kappa shape index (κ3) is 7.93. The Morgan fingerprint density at radius 2 is 1.79 bits per heavy atom. The fraction of sp³-hybridized carbons (Fsp3) is 0.375. The molecule has 1 saturated carbocycles. The lowest BCUT2D eigenvalue weighted by atomic mass is 9.86. The first-order valence-corrected chi connectivity index (χ1v) is 20.4. The fourth-order valence-electron chi connectivity index (χ4n) is 7.78. The molecule has 5 aromatic rings. The highest BCUT2D eigenvalue weighted by Gasteiger charge is 2.67. The number of hydrogen-bond donors (Lipinski definition) is 2. The summed E-state index contributed by atoms with van der Waals surface area (Å²) in [5.74, 6) is -3.72. The van der Waals surface area contributed by atoms with Gasteiger partial charge in [-0.25, -0.2) is 22.2 Å². The van der Waals surface area contributed by atoms with Crippen molar-refractivity contribution in [2.24, 2.45) is 13.0 Å². The molecule has 2 aliphatic rings. The molecule has 0 unspecified atom stereocenters. The van der Waals surface area contributed by atoms with Gasteiger partial charge in [-0.3, -0.25) is 19.0 Å². The molecule has 17 heteroatoms. The Labute approximate surface area is 330 Å². The van der Waals surface area contributed by atoms with Crippen LogP contribution in [0.2, 0.25) is 5.02 Å². The predicted molar refractivity (Wildman–Crippen MR) is 203 cm³/mol. The van der Waals surface area contributed by atoms with Crippen LogP contribution in [-0.2, 0) is 46.3 Å². The van der Waals surface area contributed by atoms with Crippen LogP contribution in [0.1, 0.15) is 82.9 Å². The largest absolute Gasteiger partial charge is 0.378 e. The molecule has 0 bridgehead atoms. The minimum atomic E-state index is -3.55. The van der Waals surface area contributed by atoms with E-state index < -0.39 is 86.9 Å². The van der Waals surface area contributed by atoms with Gasteiger partial charge in [0.05, 0.1) is 27.7 Å². The van der Waals surface area contributed by atoms with E-state index in [-0.39, 0.29) is 51.8 Å². The molecular weight excluding hydrogens is 788 g/mol. The summed E-state index contributed by atoms with van der Waals surface area (Å²) in [4.78, 5) is 31.8. The van der Waals surface area contributed by atoms with E-state index in [0.29, 0.717) is 28.1 Å². The minimum absolute atomic E-state index is 0.129. The maximum atomic E-state index is 15.6. The second-order valence-electron chi connectivity index (χ2n) is 15.2. The van der Waals surface area contributed by atoms with Gasteiger partial charge in [0.25, 0.3) is 11.8 Å². The molecule has 298 valence electrons. The number of pyridine rings is 1. The number of Topliss-reactive ketones (excluding diaryl/α,β-unsaturated/α-hetero) is 1. The molecule has 3 heterocycles. The molecular formula is C40H37ClF4N6O5S. The number of halogens is 5. The summed E-state index contributed by atoms with van der Waals surface area (Å²) in [5, 5.41) is 22.0. The van der Waals surface area contributed by atoms with Crippen LogP contribution in [0, 0.1) is 29.4 Å². The molecule has 57 heavy (non-hydrogen) atoms. The van der Waals surface area contributed by atoms with E-state index in [1.807, 2.05) is 0 Å². The van der Waals surface area contributed by atoms with Crippen LogP contribution < -0.4 is 5.32 Å². The van der Waals surface area contributed by atoms with Crippen LogP contribution in [0.15, 0.2) is 42.5 Å². The summed E-state index contributed by atoms with van der Waals surface area (Å²) in [6.07, 6.45) is 0.704. The Kier molecular flexibility index (Phi) is 10.1. The monoisotopic (exact) mass is 824 g/mol. The Morgan fingerprint density at radius 3 is 2.44 bits per heavy atom. The molecule has 2 aliphatic carbocycles. The van der Waals surface area contributed by atoms with Crippen LogP contribution in [0.4, 0.5) is 17.6 Å². The molecule has 0 aliphatic heterocycles. The summed E-state index contributed by atoms with van der Waals surface area (Å²) in [5.41, 5.74) is 0.114. The molecule has 1 fully saturated rings. The van der Waals surface area contributed by atoms with E-state index in [1.165, 1.54) is 25.6 Å². The molecule has 0 radical (unpaired) electrons. The van der Waals surface area contributed by atoms with E-state index >= 15 is 8.78 Å². The van der Waals surface area contributed by atoms with Crippen molar-refractivity contribution in [1.29, 1.82) is 0 Å². The number of benzene rings is 2. The van der Waals surface area contributed by atoms with Gasteiger partial charge in [-0.05, 0) is 74.4 Å². The van der Waals surface area contributed by atoms with E-state index in [1.54, 1.807) is 31.3 Å². The van der Waals surface area contributed by atoms with Gasteiger partial charge in [0.15, 0.2) is 21.3 Å². The van der Waals surface area contributed by atoms with Gasteiger partial charge in [-0.2, -0.15) is 19.0 Å². The van der Waals surface area contributed by atoms with E-state index in [0.717, 1.165) is 23.1 Å². The quantitative estimate of drug-likeness (QED) is 0.122. The molecule has 0 spiro atoms. The van der Waals surface area contributed by atoms with E-state index in [4.69, 9.17) is 16.6 Å². The number of nitrogens with one attached hydrogen (secondary N) is 1. The van der Waals surface area contributed by atoms with Crippen molar-refractivity contribution < 1.29 is 40.7 Å². The van der Waals surface area contributed by atoms with Crippen LogP contribution in [0.5, 0.6) is 0 Å². The third-order valence-corrected chi connectivity index (χ3v) is 11.2. The number of nitrogens with zero attached hydrogens (tertiary/aromatic N) is 5. The lowest BCUT2D eigenvalue weighted by Crippen LogP contribution is -2.24. The maximum absolute atomic E-state index is 15.6. The van der Waals surface area contributed by atoms with Crippen LogP contribution in [-0.4, -0.2) is 68.7 Å². The number of sulfone groups is 1. The highest BCUT2D eigenvalue weighted by molar-refractivity contribution is 7.89. The summed E-state index contributed by atoms with van der Waals surface area (Å²) in [6, 6.07) is 9.39. The number of amides is 1. The van der Waals surface area contributed by atoms with Crippen molar-refractivity contribution >= 4 is 44.0 Å². The second kappa shape index (κ2) is 14.4. The summed E-state index contributed by atoms with van der Waals surface area (Å²) < 4.78 is 87.5. The topological polar surface area (TPSA) is 149 Å². The molecule has 3 aromatic heterocycles. The van der Waals surface area contributed by atoms with Crippen LogP contribution in [0.25, 0.3) is 22.0 Å². The highest BCUT2D eigenvalue weighted by Crippen LogP contribution is 2.67. The van der Waals surface area contributed by atoms with Gasteiger partial charge < -0.3 is 10.4 Å². The van der Waals surface area contributed by atoms with Crippen molar-refractivity contribution in [3.8, 4) is 23.0 Å². The molecule has 11 nitrogen and oxygen atoms in total. The van der Waals surface area contributed by atoms with Crippen LogP contribution in [0.3, 0.4) is 0 Å². The lowest BCUT2D eigenvalue weighted by Gasteiger charge is -2.22. The Hall–Kier alpha value is -5.11. The van der Waals surface area contributed by atoms with Crippen molar-refractivity contribution in [2.45, 2.75) is 68.8 Å². The molecule has 3 atom stereocenters. The van der Waals surface area contributed by atoms with Gasteiger partial charge in [0.2, 0.25) is 0 Å². The van der Waals surface area contributed by atoms with Gasteiger partial charge in [-0.1, -0.05) is 23.6 Å². The van der Waals surface area contributed by atoms with Gasteiger partial charge in [0, 0.05) is 66.8 Å². The Morgan fingerprint density at radius 1 is 1.11 bits per heavy atom. The number of aliphatic hydroxyl groups is 1. The minimum Gasteiger partial charge on any atom is -0.378 e. The van der Waals surface area contributed by atoms with Crippen molar-refractivity contribution in [3.63, 3.8) is 0 Å². The number of carbonyl (C=O) groups excluding carboxylic acids is 2. The van der Waals surface area contributed by atoms with Crippen molar-refractivity contribution in [2.75, 3.05) is 13.3 Å². The fourth-order valence-corrected chi connectivity index (χ4v) is 8.74. The second-order valence-corrected chi connectivity index (χ2v) is 17.8.